The molecule has 0 radical (unpaired) electrons. The number of Topliss-reactive ketones (excluding diaryl/α,β-unsaturated/α-hetero) is 5. The monoisotopic (exact) mass is 1100 g/mol. The van der Waals surface area contributed by atoms with Gasteiger partial charge in [-0.2, -0.15) is 0 Å². The highest BCUT2D eigenvalue weighted by atomic mass is 16.8. The first-order chi connectivity index (χ1) is 36.2. The molecule has 9 atom stereocenters. The SMILES string of the molecule is O=C(c1cc(O)c(O)c(O)c1)[C@@]1(OC2(CO)O[C@H](CO)[C@@H](O)[C@@H]2O)O[C@@](CO)(C(=O)c2cc(O)c(O)c(O)c2)[C@](O)(C(=O)c2cc(O)c(O)c(O)c2)[C@@](O)(C(=O)c2cc(O)c(O)c(O)c2)[C@]1(O)C(=O)c1cc(O)c(O)c(O)c1. The Bertz CT molecular complexity index is 3260. The Labute approximate surface area is 430 Å². The molecule has 23 N–H and O–H groups in total. The fourth-order valence-corrected chi connectivity index (χ4v) is 9.18. The molecule has 0 amide bonds. The van der Waals surface area contributed by atoms with E-state index in [4.69, 9.17) is 14.2 Å². The predicted molar refractivity (Wildman–Crippen MR) is 242 cm³/mol. The Kier molecular flexibility index (Phi) is 13.8. The van der Waals surface area contributed by atoms with Crippen LogP contribution in [0.2, 0.25) is 0 Å². The third kappa shape index (κ3) is 7.60. The molecule has 31 heteroatoms. The van der Waals surface area contributed by atoms with E-state index >= 15 is 24.0 Å². The van der Waals surface area contributed by atoms with Gasteiger partial charge in [-0.1, -0.05) is 0 Å². The van der Waals surface area contributed by atoms with E-state index in [9.17, 15) is 117 Å². The van der Waals surface area contributed by atoms with Gasteiger partial charge in [0.15, 0.2) is 91.8 Å². The molecule has 2 aliphatic rings. The van der Waals surface area contributed by atoms with Crippen LogP contribution in [0.4, 0.5) is 0 Å². The normalized spacial score (nSPS) is 27.8. The number of aliphatic hydroxyl groups excluding tert-OH is 5. The molecule has 5 aromatic rings. The van der Waals surface area contributed by atoms with Crippen LogP contribution in [0.25, 0.3) is 0 Å². The third-order valence-electron chi connectivity index (χ3n) is 13.2. The van der Waals surface area contributed by atoms with Crippen LogP contribution in [0.1, 0.15) is 51.8 Å². The smallest absolute Gasteiger partial charge is 0.278 e. The Balaban J connectivity index is 1.87. The molecule has 1 unspecified atom stereocenters. The zero-order valence-electron chi connectivity index (χ0n) is 38.7. The number of hydrogen-bond donors (Lipinski definition) is 23. The van der Waals surface area contributed by atoms with E-state index < -0.39 is 215 Å². The summed E-state index contributed by atoms with van der Waals surface area (Å²) in [6.07, 6.45) is -8.07. The lowest BCUT2D eigenvalue weighted by atomic mass is 9.50. The van der Waals surface area contributed by atoms with Gasteiger partial charge < -0.3 is 132 Å². The summed E-state index contributed by atoms with van der Waals surface area (Å²) < 4.78 is 17.2. The number of carbonyl (C=O) groups is 5. The molecule has 5 aromatic carbocycles. The zero-order valence-corrected chi connectivity index (χ0v) is 38.7. The van der Waals surface area contributed by atoms with Crippen molar-refractivity contribution in [2.24, 2.45) is 0 Å². The fraction of sp³-hybridized carbons (Fsp3) is 0.255. The van der Waals surface area contributed by atoms with Gasteiger partial charge in [0.2, 0.25) is 51.5 Å². The number of rotatable bonds is 15. The highest BCUT2D eigenvalue weighted by Gasteiger charge is 2.92. The van der Waals surface area contributed by atoms with Gasteiger partial charge in [0.1, 0.15) is 24.9 Å². The summed E-state index contributed by atoms with van der Waals surface area (Å²) in [6.45, 7) is -6.40. The Morgan fingerprint density at radius 3 is 0.974 bits per heavy atom. The first-order valence-electron chi connectivity index (χ1n) is 21.6. The summed E-state index contributed by atoms with van der Waals surface area (Å²) in [6, 6.07) is 0.0199. The minimum absolute atomic E-state index is 0.00557. The molecule has 2 saturated heterocycles. The Hall–Kier alpha value is -8.99. The molecular weight excluding hydrogens is 1060 g/mol. The van der Waals surface area contributed by atoms with Gasteiger partial charge in [0, 0.05) is 27.8 Å². The molecule has 2 aliphatic heterocycles. The predicted octanol–water partition coefficient (Wildman–Crippen LogP) is -3.55. The maximum absolute atomic E-state index is 16.1. The van der Waals surface area contributed by atoms with Gasteiger partial charge in [-0.25, -0.2) is 0 Å². The average molecular weight is 1100 g/mol. The van der Waals surface area contributed by atoms with E-state index in [0.29, 0.717) is 0 Å². The molecule has 416 valence electrons. The molecular formula is C47H42O31. The van der Waals surface area contributed by atoms with Crippen molar-refractivity contribution >= 4 is 28.9 Å². The number of phenolic OH excluding ortho intramolecular Hbond substituents is 15. The summed E-state index contributed by atoms with van der Waals surface area (Å²) in [5.41, 5.74) is -30.7. The lowest BCUT2D eigenvalue weighted by Crippen LogP contribution is -2.96. The molecule has 2 heterocycles. The molecule has 0 aliphatic carbocycles. The lowest BCUT2D eigenvalue weighted by molar-refractivity contribution is -0.451. The Morgan fingerprint density at radius 2 is 0.692 bits per heavy atom. The quantitative estimate of drug-likeness (QED) is 0.0356. The van der Waals surface area contributed by atoms with Gasteiger partial charge >= 0.3 is 0 Å². The summed E-state index contributed by atoms with van der Waals surface area (Å²) in [4.78, 5) is 79.7. The van der Waals surface area contributed by atoms with Gasteiger partial charge in [-0.3, -0.25) is 24.0 Å². The number of aliphatic hydroxyl groups is 8. The van der Waals surface area contributed by atoms with Crippen LogP contribution >= 0.6 is 0 Å². The van der Waals surface area contributed by atoms with Crippen LogP contribution in [0.3, 0.4) is 0 Å². The van der Waals surface area contributed by atoms with Crippen LogP contribution < -0.4 is 0 Å². The second-order valence-electron chi connectivity index (χ2n) is 17.6. The van der Waals surface area contributed by atoms with Gasteiger partial charge in [0.25, 0.3) is 5.79 Å². The minimum atomic E-state index is -5.85. The van der Waals surface area contributed by atoms with Crippen molar-refractivity contribution in [2.45, 2.75) is 52.3 Å². The van der Waals surface area contributed by atoms with E-state index in [1.165, 1.54) is 0 Å². The van der Waals surface area contributed by atoms with Crippen molar-refractivity contribution in [2.75, 3.05) is 19.8 Å². The number of ether oxygens (including phenoxy) is 3. The van der Waals surface area contributed by atoms with Gasteiger partial charge in [-0.05, 0) is 60.7 Å². The Morgan fingerprint density at radius 1 is 0.410 bits per heavy atom. The second kappa shape index (κ2) is 18.9. The van der Waals surface area contributed by atoms with Crippen molar-refractivity contribution < 1.29 is 156 Å². The number of ketones is 5. The van der Waals surface area contributed by atoms with E-state index in [-0.39, 0.29) is 60.7 Å². The van der Waals surface area contributed by atoms with E-state index in [2.05, 4.69) is 0 Å². The zero-order chi connectivity index (χ0) is 58.5. The molecule has 0 spiro atoms. The number of benzene rings is 5. The molecule has 31 nitrogen and oxygen atoms in total. The molecule has 2 fully saturated rings. The average Bonchev–Trinajstić information content (AvgIpc) is 3.71. The minimum Gasteiger partial charge on any atom is -0.504 e. The van der Waals surface area contributed by atoms with Crippen LogP contribution in [0.5, 0.6) is 86.2 Å². The number of phenols is 15. The van der Waals surface area contributed by atoms with Crippen molar-refractivity contribution in [3.8, 4) is 86.2 Å². The van der Waals surface area contributed by atoms with E-state index in [1.807, 2.05) is 0 Å². The molecule has 0 aromatic heterocycles. The van der Waals surface area contributed by atoms with E-state index in [1.54, 1.807) is 0 Å². The third-order valence-corrected chi connectivity index (χ3v) is 13.2. The van der Waals surface area contributed by atoms with Crippen molar-refractivity contribution in [1.82, 2.24) is 0 Å². The molecule has 78 heavy (non-hydrogen) atoms. The fourth-order valence-electron chi connectivity index (χ4n) is 9.18. The summed E-state index contributed by atoms with van der Waals surface area (Å²) >= 11 is 0. The second-order valence-corrected chi connectivity index (χ2v) is 17.6. The highest BCUT2D eigenvalue weighted by molar-refractivity contribution is 6.25. The van der Waals surface area contributed by atoms with Crippen molar-refractivity contribution in [3.05, 3.63) is 88.5 Å². The summed E-state index contributed by atoms with van der Waals surface area (Å²) in [7, 11) is 0. The molecule has 0 saturated carbocycles. The number of hydrogen-bond acceptors (Lipinski definition) is 31. The standard InChI is InChI=1S/C47H42O31/c48-11-29-35(66)41(72)43(13-50,76-29)78-47(40(71)18-9-27(59)34(65)28(60)10-18)46(75,39(70)17-7-25(57)33(64)26(58)8-17)45(74,38(69)16-5-23(55)32(63)24(56)6-16)44(73,37(68)15-3-21(53)31(62)22(54)4-15)42(12-49,77-47)36(67)14-1-19(51)30(61)20(52)2-14/h1-10,29,35,41,48-66,72-75H,11-13H2/t29-,35-,41+,42+,43?,44-,45+,46-,47+/m1/s1. The van der Waals surface area contributed by atoms with Gasteiger partial charge in [0.05, 0.1) is 13.2 Å². The van der Waals surface area contributed by atoms with Crippen LogP contribution in [-0.4, -0.2) is 218 Å². The van der Waals surface area contributed by atoms with Crippen molar-refractivity contribution in [1.29, 1.82) is 0 Å². The van der Waals surface area contributed by atoms with Crippen molar-refractivity contribution in [3.63, 3.8) is 0 Å². The van der Waals surface area contributed by atoms with Crippen LogP contribution in [-0.2, 0) is 14.2 Å². The first-order valence-corrected chi connectivity index (χ1v) is 21.6. The highest BCUT2D eigenvalue weighted by Crippen LogP contribution is 2.62. The molecule has 0 bridgehead atoms. The summed E-state index contributed by atoms with van der Waals surface area (Å²) in [5.74, 6) is -47.4. The first kappa shape index (κ1) is 56.7. The number of aromatic hydroxyl groups is 15. The van der Waals surface area contributed by atoms with E-state index in [0.717, 1.165) is 0 Å². The summed E-state index contributed by atoms with van der Waals surface area (Å²) in [5, 5.41) is 257. The van der Waals surface area contributed by atoms with Crippen LogP contribution in [0, 0.1) is 0 Å². The lowest BCUT2D eigenvalue weighted by Gasteiger charge is -2.65. The maximum atomic E-state index is 16.1. The number of carbonyl (C=O) groups excluding carboxylic acids is 5. The van der Waals surface area contributed by atoms with Gasteiger partial charge in [-0.15, -0.1) is 0 Å². The maximum Gasteiger partial charge on any atom is 0.278 e. The topological polar surface area (TPSA) is 578 Å². The molecule has 7 rings (SSSR count). The largest absolute Gasteiger partial charge is 0.504 e. The van der Waals surface area contributed by atoms with Crippen LogP contribution in [0.15, 0.2) is 60.7 Å².